The Bertz CT molecular complexity index is 279. The zero-order chi connectivity index (χ0) is 10.0. The van der Waals surface area contributed by atoms with Crippen LogP contribution in [0.1, 0.15) is 25.3 Å². The van der Waals surface area contributed by atoms with Gasteiger partial charge in [-0.25, -0.2) is 0 Å². The van der Waals surface area contributed by atoms with Gasteiger partial charge in [0, 0.05) is 24.5 Å². The molecule has 0 spiro atoms. The number of rotatable bonds is 5. The summed E-state index contributed by atoms with van der Waals surface area (Å²) in [5.41, 5.74) is 1.16. The Kier molecular flexibility index (Phi) is 2.61. The molecule has 3 nitrogen and oxygen atoms in total. The summed E-state index contributed by atoms with van der Waals surface area (Å²) < 4.78 is 0. The smallest absolute Gasteiger partial charge is 0.0613 e. The maximum atomic E-state index is 9.35. The lowest BCUT2D eigenvalue weighted by atomic mass is 9.97. The molecule has 1 aromatic heterocycles. The van der Waals surface area contributed by atoms with E-state index in [-0.39, 0.29) is 12.1 Å². The van der Waals surface area contributed by atoms with Gasteiger partial charge < -0.3 is 15.4 Å². The number of nitrogens with one attached hydrogen (secondary N) is 2. The van der Waals surface area contributed by atoms with E-state index in [2.05, 4.69) is 23.3 Å². The second-order valence-electron chi connectivity index (χ2n) is 4.42. The number of aromatic amines is 1. The highest BCUT2D eigenvalue weighted by molar-refractivity contribution is 5.09. The van der Waals surface area contributed by atoms with Crippen molar-refractivity contribution in [1.29, 1.82) is 0 Å². The molecular weight excluding hydrogens is 176 g/mol. The van der Waals surface area contributed by atoms with Crippen molar-refractivity contribution in [1.82, 2.24) is 10.3 Å². The summed E-state index contributed by atoms with van der Waals surface area (Å²) in [7, 11) is 0. The average Bonchev–Trinajstić information content (AvgIpc) is 2.94. The van der Waals surface area contributed by atoms with E-state index in [1.165, 1.54) is 18.4 Å². The number of hydrogen-bond acceptors (Lipinski definition) is 2. The van der Waals surface area contributed by atoms with Gasteiger partial charge in [-0.05, 0) is 37.3 Å². The van der Waals surface area contributed by atoms with Crippen LogP contribution in [0.2, 0.25) is 0 Å². The molecule has 3 heteroatoms. The SMILES string of the molecule is CC(CO)(NCc1cc[nH]c1)C1CC1. The van der Waals surface area contributed by atoms with Gasteiger partial charge in [0.25, 0.3) is 0 Å². The second kappa shape index (κ2) is 3.75. The van der Waals surface area contributed by atoms with Crippen LogP contribution in [0.25, 0.3) is 0 Å². The molecule has 0 saturated heterocycles. The van der Waals surface area contributed by atoms with Crippen LogP contribution in [0.4, 0.5) is 0 Å². The van der Waals surface area contributed by atoms with Crippen LogP contribution in [0, 0.1) is 5.92 Å². The third-order valence-electron chi connectivity index (χ3n) is 3.17. The quantitative estimate of drug-likeness (QED) is 0.661. The van der Waals surface area contributed by atoms with Crippen molar-refractivity contribution in [2.24, 2.45) is 5.92 Å². The Morgan fingerprint density at radius 2 is 2.43 bits per heavy atom. The van der Waals surface area contributed by atoms with E-state index < -0.39 is 0 Å². The first-order valence-electron chi connectivity index (χ1n) is 5.22. The first-order chi connectivity index (χ1) is 6.74. The van der Waals surface area contributed by atoms with Crippen LogP contribution in [0.15, 0.2) is 18.5 Å². The second-order valence-corrected chi connectivity index (χ2v) is 4.42. The summed E-state index contributed by atoms with van der Waals surface area (Å²) in [6.07, 6.45) is 6.40. The molecule has 1 atom stereocenters. The van der Waals surface area contributed by atoms with Gasteiger partial charge in [0.2, 0.25) is 0 Å². The van der Waals surface area contributed by atoms with E-state index in [1.54, 1.807) is 0 Å². The van der Waals surface area contributed by atoms with Gasteiger partial charge in [0.05, 0.1) is 6.61 Å². The molecule has 0 amide bonds. The zero-order valence-electron chi connectivity index (χ0n) is 8.59. The first-order valence-corrected chi connectivity index (χ1v) is 5.22. The third-order valence-corrected chi connectivity index (χ3v) is 3.17. The van der Waals surface area contributed by atoms with E-state index in [9.17, 15) is 5.11 Å². The lowest BCUT2D eigenvalue weighted by Gasteiger charge is -2.28. The van der Waals surface area contributed by atoms with Gasteiger partial charge >= 0.3 is 0 Å². The predicted molar refractivity (Wildman–Crippen MR) is 55.8 cm³/mol. The lowest BCUT2D eigenvalue weighted by Crippen LogP contribution is -2.47. The molecule has 2 rings (SSSR count). The molecule has 0 aromatic carbocycles. The molecule has 0 bridgehead atoms. The molecule has 1 aliphatic carbocycles. The van der Waals surface area contributed by atoms with Crippen LogP contribution in [-0.2, 0) is 6.54 Å². The molecule has 1 unspecified atom stereocenters. The highest BCUT2D eigenvalue weighted by atomic mass is 16.3. The molecule has 1 saturated carbocycles. The fourth-order valence-corrected chi connectivity index (χ4v) is 1.82. The molecule has 1 aliphatic rings. The van der Waals surface area contributed by atoms with Crippen molar-refractivity contribution in [3.63, 3.8) is 0 Å². The van der Waals surface area contributed by atoms with E-state index in [0.29, 0.717) is 5.92 Å². The summed E-state index contributed by atoms with van der Waals surface area (Å²) in [6.45, 7) is 3.16. The number of aliphatic hydroxyl groups is 1. The minimum atomic E-state index is -0.0860. The minimum Gasteiger partial charge on any atom is -0.394 e. The summed E-state index contributed by atoms with van der Waals surface area (Å²) in [5, 5.41) is 12.8. The average molecular weight is 194 g/mol. The van der Waals surface area contributed by atoms with Crippen molar-refractivity contribution < 1.29 is 5.11 Å². The van der Waals surface area contributed by atoms with Crippen molar-refractivity contribution in [3.05, 3.63) is 24.0 Å². The minimum absolute atomic E-state index is 0.0860. The molecule has 1 heterocycles. The third kappa shape index (κ3) is 1.99. The molecule has 0 aliphatic heterocycles. The lowest BCUT2D eigenvalue weighted by molar-refractivity contribution is 0.153. The van der Waals surface area contributed by atoms with E-state index >= 15 is 0 Å². The highest BCUT2D eigenvalue weighted by Crippen LogP contribution is 2.39. The molecule has 1 fully saturated rings. The van der Waals surface area contributed by atoms with Crippen LogP contribution < -0.4 is 5.32 Å². The molecular formula is C11H18N2O. The van der Waals surface area contributed by atoms with Gasteiger partial charge in [-0.1, -0.05) is 0 Å². The van der Waals surface area contributed by atoms with Crippen LogP contribution in [0.3, 0.4) is 0 Å². The molecule has 14 heavy (non-hydrogen) atoms. The van der Waals surface area contributed by atoms with E-state index in [0.717, 1.165) is 6.54 Å². The first kappa shape index (κ1) is 9.74. The number of aliphatic hydroxyl groups excluding tert-OH is 1. The fraction of sp³-hybridized carbons (Fsp3) is 0.636. The highest BCUT2D eigenvalue weighted by Gasteiger charge is 2.40. The topological polar surface area (TPSA) is 48.0 Å². The summed E-state index contributed by atoms with van der Waals surface area (Å²) in [5.74, 6) is 0.659. The molecule has 78 valence electrons. The Morgan fingerprint density at radius 1 is 1.64 bits per heavy atom. The Balaban J connectivity index is 1.89. The largest absolute Gasteiger partial charge is 0.394 e. The predicted octanol–water partition coefficient (Wildman–Crippen LogP) is 1.27. The standard InChI is InChI=1S/C11H18N2O/c1-11(8-14,10-2-3-10)13-7-9-4-5-12-6-9/h4-6,10,12-14H,2-3,7-8H2,1H3. The van der Waals surface area contributed by atoms with Crippen molar-refractivity contribution in [3.8, 4) is 0 Å². The fourth-order valence-electron chi connectivity index (χ4n) is 1.82. The molecule has 0 radical (unpaired) electrons. The number of aromatic nitrogens is 1. The summed E-state index contributed by atoms with van der Waals surface area (Å²) in [4.78, 5) is 3.03. The van der Waals surface area contributed by atoms with Crippen LogP contribution >= 0.6 is 0 Å². The van der Waals surface area contributed by atoms with Crippen molar-refractivity contribution in [2.45, 2.75) is 31.8 Å². The van der Waals surface area contributed by atoms with Gasteiger partial charge in [0.15, 0.2) is 0 Å². The normalized spacial score (nSPS) is 20.7. The van der Waals surface area contributed by atoms with Crippen molar-refractivity contribution in [2.75, 3.05) is 6.61 Å². The monoisotopic (exact) mass is 194 g/mol. The summed E-state index contributed by atoms with van der Waals surface area (Å²) >= 11 is 0. The summed E-state index contributed by atoms with van der Waals surface area (Å²) in [6, 6.07) is 2.05. The Morgan fingerprint density at radius 3 is 2.93 bits per heavy atom. The Labute approximate surface area is 84.5 Å². The van der Waals surface area contributed by atoms with Gasteiger partial charge in [0.1, 0.15) is 0 Å². The molecule has 1 aromatic rings. The van der Waals surface area contributed by atoms with Gasteiger partial charge in [-0.2, -0.15) is 0 Å². The van der Waals surface area contributed by atoms with Crippen molar-refractivity contribution >= 4 is 0 Å². The van der Waals surface area contributed by atoms with E-state index in [1.807, 2.05) is 12.4 Å². The van der Waals surface area contributed by atoms with E-state index in [4.69, 9.17) is 0 Å². The Hall–Kier alpha value is -0.800. The van der Waals surface area contributed by atoms with Gasteiger partial charge in [-0.3, -0.25) is 0 Å². The zero-order valence-corrected chi connectivity index (χ0v) is 8.59. The number of hydrogen-bond donors (Lipinski definition) is 3. The van der Waals surface area contributed by atoms with Crippen LogP contribution in [0.5, 0.6) is 0 Å². The van der Waals surface area contributed by atoms with Gasteiger partial charge in [-0.15, -0.1) is 0 Å². The molecule has 3 N–H and O–H groups in total. The maximum Gasteiger partial charge on any atom is 0.0613 e. The van der Waals surface area contributed by atoms with Crippen LogP contribution in [-0.4, -0.2) is 22.2 Å². The number of H-pyrrole nitrogens is 1. The maximum absolute atomic E-state index is 9.35.